The number of aliphatic hydroxyl groups is 1. The van der Waals surface area contributed by atoms with Crippen molar-refractivity contribution in [2.45, 2.75) is 18.9 Å². The summed E-state index contributed by atoms with van der Waals surface area (Å²) in [6.07, 6.45) is 4.52. The van der Waals surface area contributed by atoms with Crippen molar-refractivity contribution < 1.29 is 5.11 Å². The molecule has 4 N–H and O–H groups in total. The predicted molar refractivity (Wildman–Crippen MR) is 79.9 cm³/mol. The second-order valence-electron chi connectivity index (χ2n) is 5.15. The SMILES string of the molecule is Nc1nc(Cl)cc(N2CCC(C(O)c3ncc[nH]3)CC2)n1. The molecule has 1 aliphatic heterocycles. The third-order valence-electron chi connectivity index (χ3n) is 3.81. The molecule has 0 radical (unpaired) electrons. The zero-order chi connectivity index (χ0) is 14.8. The molecule has 2 aromatic heterocycles. The van der Waals surface area contributed by atoms with Gasteiger partial charge in [-0.15, -0.1) is 0 Å². The van der Waals surface area contributed by atoms with Gasteiger partial charge in [0.25, 0.3) is 0 Å². The van der Waals surface area contributed by atoms with E-state index in [-0.39, 0.29) is 11.9 Å². The molecule has 0 saturated carbocycles. The number of imidazole rings is 1. The molecule has 112 valence electrons. The van der Waals surface area contributed by atoms with E-state index in [1.54, 1.807) is 18.5 Å². The van der Waals surface area contributed by atoms with E-state index in [2.05, 4.69) is 24.8 Å². The summed E-state index contributed by atoms with van der Waals surface area (Å²) in [5, 5.41) is 10.6. The lowest BCUT2D eigenvalue weighted by atomic mass is 9.91. The Labute approximate surface area is 127 Å². The summed E-state index contributed by atoms with van der Waals surface area (Å²) in [7, 11) is 0. The lowest BCUT2D eigenvalue weighted by molar-refractivity contribution is 0.0856. The molecule has 3 rings (SSSR count). The van der Waals surface area contributed by atoms with Crippen molar-refractivity contribution in [3.05, 3.63) is 29.4 Å². The highest BCUT2D eigenvalue weighted by Crippen LogP contribution is 2.31. The summed E-state index contributed by atoms with van der Waals surface area (Å²) in [6.45, 7) is 1.57. The molecule has 7 nitrogen and oxygen atoms in total. The highest BCUT2D eigenvalue weighted by atomic mass is 35.5. The fourth-order valence-corrected chi connectivity index (χ4v) is 2.88. The van der Waals surface area contributed by atoms with Crippen molar-refractivity contribution in [3.63, 3.8) is 0 Å². The summed E-state index contributed by atoms with van der Waals surface area (Å²) in [5.41, 5.74) is 5.62. The number of aromatic amines is 1. The molecule has 1 aliphatic rings. The number of aromatic nitrogens is 4. The highest BCUT2D eigenvalue weighted by molar-refractivity contribution is 6.29. The van der Waals surface area contributed by atoms with Crippen molar-refractivity contribution in [2.75, 3.05) is 23.7 Å². The molecule has 1 saturated heterocycles. The molecule has 0 aromatic carbocycles. The van der Waals surface area contributed by atoms with Crippen molar-refractivity contribution >= 4 is 23.4 Å². The molecular weight excluding hydrogens is 292 g/mol. The van der Waals surface area contributed by atoms with Gasteiger partial charge in [-0.2, -0.15) is 4.98 Å². The van der Waals surface area contributed by atoms with Gasteiger partial charge < -0.3 is 20.7 Å². The van der Waals surface area contributed by atoms with E-state index in [1.807, 2.05) is 0 Å². The van der Waals surface area contributed by atoms with Crippen LogP contribution in [0.25, 0.3) is 0 Å². The number of hydrogen-bond acceptors (Lipinski definition) is 6. The first-order valence-corrected chi connectivity index (χ1v) is 7.23. The maximum absolute atomic E-state index is 10.3. The van der Waals surface area contributed by atoms with E-state index < -0.39 is 6.10 Å². The second kappa shape index (κ2) is 5.87. The van der Waals surface area contributed by atoms with Gasteiger partial charge in [-0.1, -0.05) is 11.6 Å². The van der Waals surface area contributed by atoms with Crippen molar-refractivity contribution in [1.29, 1.82) is 0 Å². The van der Waals surface area contributed by atoms with Crippen LogP contribution >= 0.6 is 11.6 Å². The average Bonchev–Trinajstić information content (AvgIpc) is 3.00. The molecular formula is C13H17ClN6O. The van der Waals surface area contributed by atoms with Crippen LogP contribution in [0.1, 0.15) is 24.8 Å². The molecule has 0 spiro atoms. The fourth-order valence-electron chi connectivity index (χ4n) is 2.69. The largest absolute Gasteiger partial charge is 0.385 e. The zero-order valence-corrected chi connectivity index (χ0v) is 12.2. The number of piperidine rings is 1. The molecule has 2 aromatic rings. The normalized spacial score (nSPS) is 17.9. The lowest BCUT2D eigenvalue weighted by Gasteiger charge is -2.34. The summed E-state index contributed by atoms with van der Waals surface area (Å²) in [4.78, 5) is 17.3. The van der Waals surface area contributed by atoms with E-state index in [9.17, 15) is 5.11 Å². The number of nitrogen functional groups attached to an aromatic ring is 1. The number of hydrogen-bond donors (Lipinski definition) is 3. The van der Waals surface area contributed by atoms with Crippen LogP contribution in [0.5, 0.6) is 0 Å². The maximum Gasteiger partial charge on any atom is 0.223 e. The van der Waals surface area contributed by atoms with Crippen LogP contribution in [0.3, 0.4) is 0 Å². The molecule has 1 atom stereocenters. The van der Waals surface area contributed by atoms with E-state index in [0.717, 1.165) is 31.7 Å². The van der Waals surface area contributed by atoms with Crippen molar-refractivity contribution in [3.8, 4) is 0 Å². The molecule has 8 heteroatoms. The Morgan fingerprint density at radius 1 is 1.38 bits per heavy atom. The van der Waals surface area contributed by atoms with Crippen molar-refractivity contribution in [2.24, 2.45) is 5.92 Å². The molecule has 0 amide bonds. The Kier molecular flexibility index (Phi) is 3.94. The Balaban J connectivity index is 1.65. The maximum atomic E-state index is 10.3. The molecule has 1 unspecified atom stereocenters. The van der Waals surface area contributed by atoms with Gasteiger partial charge in [0, 0.05) is 31.5 Å². The number of nitrogens with one attached hydrogen (secondary N) is 1. The van der Waals surface area contributed by atoms with Gasteiger partial charge in [0.05, 0.1) is 0 Å². The standard InChI is InChI=1S/C13H17ClN6O/c14-9-7-10(19-13(15)18-9)20-5-1-8(2-6-20)11(21)12-16-3-4-17-12/h3-4,7-8,11,21H,1-2,5-6H2,(H,16,17)(H2,15,18,19). The number of nitrogens with zero attached hydrogens (tertiary/aromatic N) is 4. The number of nitrogens with two attached hydrogens (primary N) is 1. The number of rotatable bonds is 3. The zero-order valence-electron chi connectivity index (χ0n) is 11.4. The molecule has 0 aliphatic carbocycles. The Morgan fingerprint density at radius 3 is 2.76 bits per heavy atom. The number of halogens is 1. The van der Waals surface area contributed by atoms with Gasteiger partial charge in [0.15, 0.2) is 0 Å². The van der Waals surface area contributed by atoms with Gasteiger partial charge in [0.2, 0.25) is 5.95 Å². The molecule has 1 fully saturated rings. The molecule has 3 heterocycles. The van der Waals surface area contributed by atoms with E-state index in [1.165, 1.54) is 0 Å². The van der Waals surface area contributed by atoms with Crippen LogP contribution in [-0.2, 0) is 0 Å². The first-order valence-electron chi connectivity index (χ1n) is 6.86. The average molecular weight is 309 g/mol. The van der Waals surface area contributed by atoms with Gasteiger partial charge in [-0.05, 0) is 18.8 Å². The predicted octanol–water partition coefficient (Wildman–Crippen LogP) is 1.39. The lowest BCUT2D eigenvalue weighted by Crippen LogP contribution is -2.36. The Bertz CT molecular complexity index is 576. The Morgan fingerprint density at radius 2 is 2.14 bits per heavy atom. The third-order valence-corrected chi connectivity index (χ3v) is 4.00. The first-order chi connectivity index (χ1) is 10.1. The minimum absolute atomic E-state index is 0.176. The monoisotopic (exact) mass is 308 g/mol. The smallest absolute Gasteiger partial charge is 0.223 e. The van der Waals surface area contributed by atoms with Crippen LogP contribution in [0.2, 0.25) is 5.15 Å². The van der Waals surface area contributed by atoms with Gasteiger partial charge in [-0.3, -0.25) is 0 Å². The molecule has 0 bridgehead atoms. The summed E-state index contributed by atoms with van der Waals surface area (Å²) in [6, 6.07) is 1.71. The van der Waals surface area contributed by atoms with Crippen molar-refractivity contribution in [1.82, 2.24) is 19.9 Å². The van der Waals surface area contributed by atoms with Crippen LogP contribution in [0.4, 0.5) is 11.8 Å². The van der Waals surface area contributed by atoms with Gasteiger partial charge in [-0.25, -0.2) is 9.97 Å². The summed E-state index contributed by atoms with van der Waals surface area (Å²) in [5.74, 6) is 1.72. The van der Waals surface area contributed by atoms with Gasteiger partial charge in [0.1, 0.15) is 22.9 Å². The van der Waals surface area contributed by atoms with E-state index >= 15 is 0 Å². The van der Waals surface area contributed by atoms with Crippen LogP contribution in [-0.4, -0.2) is 38.1 Å². The Hall–Kier alpha value is -1.86. The molecule has 21 heavy (non-hydrogen) atoms. The van der Waals surface area contributed by atoms with Crippen LogP contribution in [0, 0.1) is 5.92 Å². The first kappa shape index (κ1) is 14.1. The van der Waals surface area contributed by atoms with E-state index in [0.29, 0.717) is 11.0 Å². The number of aliphatic hydroxyl groups excluding tert-OH is 1. The summed E-state index contributed by atoms with van der Waals surface area (Å²) < 4.78 is 0. The highest BCUT2D eigenvalue weighted by Gasteiger charge is 2.28. The fraction of sp³-hybridized carbons (Fsp3) is 0.462. The topological polar surface area (TPSA) is 104 Å². The minimum atomic E-state index is -0.554. The summed E-state index contributed by atoms with van der Waals surface area (Å²) >= 11 is 5.91. The quantitative estimate of drug-likeness (QED) is 0.740. The van der Waals surface area contributed by atoms with E-state index in [4.69, 9.17) is 17.3 Å². The third kappa shape index (κ3) is 3.08. The minimum Gasteiger partial charge on any atom is -0.385 e. The van der Waals surface area contributed by atoms with Crippen LogP contribution < -0.4 is 10.6 Å². The second-order valence-corrected chi connectivity index (χ2v) is 5.54. The van der Waals surface area contributed by atoms with Gasteiger partial charge >= 0.3 is 0 Å². The number of anilines is 2. The van der Waals surface area contributed by atoms with Crippen LogP contribution in [0.15, 0.2) is 18.5 Å². The number of H-pyrrole nitrogens is 1.